The predicted molar refractivity (Wildman–Crippen MR) is 142 cm³/mol. The lowest BCUT2D eigenvalue weighted by atomic mass is 10.00. The lowest BCUT2D eigenvalue weighted by molar-refractivity contribution is -0.158. The Hall–Kier alpha value is -1.58. The van der Waals surface area contributed by atoms with E-state index in [-0.39, 0.29) is 30.1 Å². The second-order valence-electron chi connectivity index (χ2n) is 11.6. The molecule has 0 amide bonds. The molecule has 1 fully saturated rings. The molecule has 1 unspecified atom stereocenters. The van der Waals surface area contributed by atoms with E-state index < -0.39 is 38.2 Å². The minimum Gasteiger partial charge on any atom is -0.497 e. The number of carbonyl (C=O) groups excluding carboxylic acids is 1. The molecule has 0 aromatic heterocycles. The third-order valence-corrected chi connectivity index (χ3v) is 11.7. The summed E-state index contributed by atoms with van der Waals surface area (Å²) in [6.45, 7) is 18.5. The van der Waals surface area contributed by atoms with E-state index in [9.17, 15) is 4.79 Å². The smallest absolute Gasteiger partial charge is 0.192 e. The molecule has 1 aromatic rings. The summed E-state index contributed by atoms with van der Waals surface area (Å²) in [5.74, 6) is -0.883. The number of methoxy groups -OCH3 is 1. The molecule has 0 saturated carbocycles. The Labute approximate surface area is 217 Å². The van der Waals surface area contributed by atoms with Gasteiger partial charge in [-0.2, -0.15) is 0 Å². The summed E-state index contributed by atoms with van der Waals surface area (Å²) in [4.78, 5) is 11.3. The van der Waals surface area contributed by atoms with Gasteiger partial charge in [-0.05, 0) is 62.7 Å². The first kappa shape index (κ1) is 30.6. The minimum atomic E-state index is -2.02. The zero-order valence-electron chi connectivity index (χ0n) is 23.6. The van der Waals surface area contributed by atoms with Gasteiger partial charge in [0.05, 0.1) is 19.8 Å². The standard InChI is InChI=1S/C28H45FO6Si/c1-19(20(2)35-36(9,10)27(3,4)5)17-23(29)25(26-24(15-16-30)33-28(6,7)34-26)32-18-21-11-13-22(31-8)14-12-21/h11-14,16-17,19-20,24-26H,15,18H2,1-10H3/b23-17+/t19-,20+,24+,25?,26+/m1/s1. The topological polar surface area (TPSA) is 63.2 Å². The number of aldehydes is 1. The van der Waals surface area contributed by atoms with Gasteiger partial charge in [-0.1, -0.05) is 39.8 Å². The second kappa shape index (κ2) is 12.3. The third kappa shape index (κ3) is 8.21. The number of carbonyl (C=O) groups is 1. The van der Waals surface area contributed by atoms with Gasteiger partial charge in [0.1, 0.15) is 30.1 Å². The van der Waals surface area contributed by atoms with E-state index >= 15 is 4.39 Å². The Morgan fingerprint density at radius 1 is 1.17 bits per heavy atom. The highest BCUT2D eigenvalue weighted by Crippen LogP contribution is 2.39. The fourth-order valence-corrected chi connectivity index (χ4v) is 5.36. The van der Waals surface area contributed by atoms with Crippen LogP contribution in [0.5, 0.6) is 5.75 Å². The monoisotopic (exact) mass is 524 g/mol. The molecule has 1 aliphatic rings. The van der Waals surface area contributed by atoms with E-state index in [1.807, 2.05) is 38.1 Å². The van der Waals surface area contributed by atoms with E-state index in [1.54, 1.807) is 27.0 Å². The van der Waals surface area contributed by atoms with Crippen LogP contribution in [0.4, 0.5) is 4.39 Å². The van der Waals surface area contributed by atoms with Gasteiger partial charge in [-0.3, -0.25) is 0 Å². The summed E-state index contributed by atoms with van der Waals surface area (Å²) in [5, 5.41) is 0.0515. The van der Waals surface area contributed by atoms with E-state index in [0.29, 0.717) is 0 Å². The molecule has 36 heavy (non-hydrogen) atoms. The van der Waals surface area contributed by atoms with Gasteiger partial charge in [0.25, 0.3) is 0 Å². The van der Waals surface area contributed by atoms with Crippen molar-refractivity contribution in [1.82, 2.24) is 0 Å². The van der Waals surface area contributed by atoms with Gasteiger partial charge in [0, 0.05) is 18.4 Å². The van der Waals surface area contributed by atoms with Crippen molar-refractivity contribution in [2.24, 2.45) is 5.92 Å². The molecular weight excluding hydrogens is 479 g/mol. The van der Waals surface area contributed by atoms with Crippen LogP contribution >= 0.6 is 0 Å². The molecule has 1 saturated heterocycles. The van der Waals surface area contributed by atoms with E-state index in [0.717, 1.165) is 17.6 Å². The number of ether oxygens (including phenoxy) is 4. The van der Waals surface area contributed by atoms with Crippen molar-refractivity contribution in [2.75, 3.05) is 7.11 Å². The summed E-state index contributed by atoms with van der Waals surface area (Å²) in [5.41, 5.74) is 0.862. The molecule has 1 heterocycles. The molecule has 1 aliphatic heterocycles. The Balaban J connectivity index is 2.29. The maximum atomic E-state index is 15.9. The average molecular weight is 525 g/mol. The van der Waals surface area contributed by atoms with E-state index in [1.165, 1.54) is 0 Å². The Kier molecular flexibility index (Phi) is 10.5. The van der Waals surface area contributed by atoms with Crippen LogP contribution in [-0.4, -0.2) is 51.9 Å². The van der Waals surface area contributed by atoms with Crippen molar-refractivity contribution in [3.8, 4) is 5.75 Å². The number of hydrogen-bond acceptors (Lipinski definition) is 6. The van der Waals surface area contributed by atoms with Crippen LogP contribution in [0.2, 0.25) is 18.1 Å². The number of halogens is 1. The fourth-order valence-electron chi connectivity index (χ4n) is 3.87. The van der Waals surface area contributed by atoms with Crippen molar-refractivity contribution >= 4 is 14.6 Å². The van der Waals surface area contributed by atoms with Gasteiger partial charge in [-0.25, -0.2) is 4.39 Å². The highest BCUT2D eigenvalue weighted by Gasteiger charge is 2.47. The zero-order valence-corrected chi connectivity index (χ0v) is 24.6. The predicted octanol–water partition coefficient (Wildman–Crippen LogP) is 6.59. The highest BCUT2D eigenvalue weighted by atomic mass is 28.4. The Bertz CT molecular complexity index is 877. The third-order valence-electron chi connectivity index (χ3n) is 7.16. The molecule has 204 valence electrons. The van der Waals surface area contributed by atoms with Crippen LogP contribution in [0.3, 0.4) is 0 Å². The average Bonchev–Trinajstić information content (AvgIpc) is 3.07. The lowest BCUT2D eigenvalue weighted by Gasteiger charge is -2.39. The lowest BCUT2D eigenvalue weighted by Crippen LogP contribution is -2.44. The van der Waals surface area contributed by atoms with Crippen molar-refractivity contribution in [2.45, 2.75) is 110 Å². The first-order chi connectivity index (χ1) is 16.6. The van der Waals surface area contributed by atoms with Gasteiger partial charge < -0.3 is 28.2 Å². The van der Waals surface area contributed by atoms with Gasteiger partial charge in [0.2, 0.25) is 0 Å². The van der Waals surface area contributed by atoms with Crippen molar-refractivity contribution in [3.05, 3.63) is 41.7 Å². The summed E-state index contributed by atoms with van der Waals surface area (Å²) in [6, 6.07) is 7.40. The molecule has 2 rings (SSSR count). The van der Waals surface area contributed by atoms with Crippen LogP contribution in [0.15, 0.2) is 36.2 Å². The summed E-state index contributed by atoms with van der Waals surface area (Å²) in [6.07, 6.45) is -0.198. The first-order valence-corrected chi connectivity index (χ1v) is 15.6. The molecule has 0 bridgehead atoms. The molecule has 0 radical (unpaired) electrons. The van der Waals surface area contributed by atoms with Crippen molar-refractivity contribution < 1.29 is 32.6 Å². The molecule has 5 atom stereocenters. The number of hydrogen-bond donors (Lipinski definition) is 0. The summed E-state index contributed by atoms with van der Waals surface area (Å²) >= 11 is 0. The molecule has 0 N–H and O–H groups in total. The Morgan fingerprint density at radius 3 is 2.31 bits per heavy atom. The summed E-state index contributed by atoms with van der Waals surface area (Å²) < 4.78 is 45.7. The highest BCUT2D eigenvalue weighted by molar-refractivity contribution is 6.74. The van der Waals surface area contributed by atoms with Gasteiger partial charge in [-0.15, -0.1) is 0 Å². The van der Waals surface area contributed by atoms with E-state index in [2.05, 4.69) is 33.9 Å². The van der Waals surface area contributed by atoms with Crippen LogP contribution in [0.1, 0.15) is 60.5 Å². The van der Waals surface area contributed by atoms with Crippen molar-refractivity contribution in [3.63, 3.8) is 0 Å². The molecule has 0 spiro atoms. The minimum absolute atomic E-state index is 0.0515. The SMILES string of the molecule is COc1ccc(COC(/C(F)=C\[C@@H](C)[C@H](C)O[Si](C)(C)C(C)(C)C)[C@H]2OC(C)(C)O[C@H]2CC=O)cc1. The molecule has 1 aromatic carbocycles. The van der Waals surface area contributed by atoms with Gasteiger partial charge >= 0.3 is 0 Å². The zero-order chi connectivity index (χ0) is 27.3. The largest absolute Gasteiger partial charge is 0.497 e. The van der Waals surface area contributed by atoms with Crippen molar-refractivity contribution in [1.29, 1.82) is 0 Å². The normalized spacial score (nSPS) is 23.2. The second-order valence-corrected chi connectivity index (χ2v) is 16.4. The number of rotatable bonds is 12. The van der Waals surface area contributed by atoms with Crippen LogP contribution in [0.25, 0.3) is 0 Å². The fraction of sp³-hybridized carbons (Fsp3) is 0.679. The maximum Gasteiger partial charge on any atom is 0.192 e. The molecular formula is C28H45FO6Si. The van der Waals surface area contributed by atoms with E-state index in [4.69, 9.17) is 23.4 Å². The quantitative estimate of drug-likeness (QED) is 0.227. The Morgan fingerprint density at radius 2 is 1.78 bits per heavy atom. The van der Waals surface area contributed by atoms with Crippen LogP contribution in [-0.2, 0) is 30.0 Å². The molecule has 6 nitrogen and oxygen atoms in total. The van der Waals surface area contributed by atoms with Crippen LogP contribution < -0.4 is 4.74 Å². The van der Waals surface area contributed by atoms with Gasteiger partial charge in [0.15, 0.2) is 14.1 Å². The molecule has 8 heteroatoms. The maximum absolute atomic E-state index is 15.9. The first-order valence-electron chi connectivity index (χ1n) is 12.7. The summed E-state index contributed by atoms with van der Waals surface area (Å²) in [7, 11) is -0.417. The number of benzene rings is 1. The van der Waals surface area contributed by atoms with Crippen LogP contribution in [0, 0.1) is 5.92 Å². The molecule has 0 aliphatic carbocycles.